The van der Waals surface area contributed by atoms with Gasteiger partial charge in [0.25, 0.3) is 0 Å². The van der Waals surface area contributed by atoms with Gasteiger partial charge in [0.05, 0.1) is 0 Å². The van der Waals surface area contributed by atoms with Gasteiger partial charge < -0.3 is 10.1 Å². The van der Waals surface area contributed by atoms with Crippen LogP contribution in [-0.4, -0.2) is 18.7 Å². The minimum Gasteiger partial charge on any atom is -0.447 e. The zero-order chi connectivity index (χ0) is 8.97. The van der Waals surface area contributed by atoms with Crippen molar-refractivity contribution in [2.24, 2.45) is 5.92 Å². The van der Waals surface area contributed by atoms with E-state index in [0.29, 0.717) is 0 Å². The van der Waals surface area contributed by atoms with Gasteiger partial charge in [0.2, 0.25) is 0 Å². The van der Waals surface area contributed by atoms with Crippen LogP contribution in [0.15, 0.2) is 0 Å². The molecule has 1 saturated carbocycles. The van der Waals surface area contributed by atoms with Crippen molar-refractivity contribution in [3.63, 3.8) is 0 Å². The number of alkyl carbamates (subject to hydrolysis) is 1. The van der Waals surface area contributed by atoms with Gasteiger partial charge >= 0.3 is 6.09 Å². The highest BCUT2D eigenvalue weighted by atomic mass is 16.6. The molecule has 1 aliphatic rings. The number of rotatable bonds is 4. The average molecular weight is 171 g/mol. The van der Waals surface area contributed by atoms with E-state index in [1.807, 2.05) is 13.8 Å². The first-order valence-electron chi connectivity index (χ1n) is 4.66. The fourth-order valence-electron chi connectivity index (χ4n) is 0.857. The Morgan fingerprint density at radius 3 is 2.83 bits per heavy atom. The first kappa shape index (κ1) is 9.36. The highest BCUT2D eigenvalue weighted by Crippen LogP contribution is 2.27. The Bertz CT molecular complexity index is 155. The van der Waals surface area contributed by atoms with Gasteiger partial charge in [-0.15, -0.1) is 0 Å². The van der Waals surface area contributed by atoms with Crippen LogP contribution in [0.1, 0.15) is 33.1 Å². The van der Waals surface area contributed by atoms with E-state index < -0.39 is 0 Å². The number of carbonyl (C=O) groups excluding carboxylic acids is 1. The molecule has 0 saturated heterocycles. The first-order valence-corrected chi connectivity index (χ1v) is 4.66. The Hall–Kier alpha value is -0.730. The number of hydrogen-bond donors (Lipinski definition) is 1. The van der Waals surface area contributed by atoms with E-state index in [0.717, 1.165) is 18.9 Å². The van der Waals surface area contributed by atoms with E-state index in [1.165, 1.54) is 12.8 Å². The Balaban J connectivity index is 2.01. The van der Waals surface area contributed by atoms with Crippen molar-refractivity contribution < 1.29 is 9.53 Å². The molecule has 3 heteroatoms. The molecule has 0 bridgehead atoms. The molecule has 0 aromatic rings. The van der Waals surface area contributed by atoms with Gasteiger partial charge in [0.15, 0.2) is 0 Å². The second kappa shape index (κ2) is 4.33. The van der Waals surface area contributed by atoms with Gasteiger partial charge in [-0.2, -0.15) is 0 Å². The molecule has 0 aliphatic heterocycles. The van der Waals surface area contributed by atoms with Crippen LogP contribution in [0, 0.1) is 5.92 Å². The third kappa shape index (κ3) is 3.60. The summed E-state index contributed by atoms with van der Waals surface area (Å²) in [5.41, 5.74) is 0. The van der Waals surface area contributed by atoms with Gasteiger partial charge in [-0.1, -0.05) is 6.92 Å². The normalized spacial score (nSPS) is 18.5. The van der Waals surface area contributed by atoms with Crippen LogP contribution >= 0.6 is 0 Å². The van der Waals surface area contributed by atoms with E-state index in [9.17, 15) is 4.79 Å². The lowest BCUT2D eigenvalue weighted by atomic mass is 10.3. The molecule has 1 fully saturated rings. The summed E-state index contributed by atoms with van der Waals surface area (Å²) in [6.45, 7) is 4.69. The zero-order valence-electron chi connectivity index (χ0n) is 7.80. The minimum atomic E-state index is -0.267. The molecule has 0 heterocycles. The second-order valence-corrected chi connectivity index (χ2v) is 3.45. The predicted molar refractivity (Wildman–Crippen MR) is 47.0 cm³/mol. The summed E-state index contributed by atoms with van der Waals surface area (Å²) in [6.07, 6.45) is 3.14. The van der Waals surface area contributed by atoms with Crippen molar-refractivity contribution in [1.29, 1.82) is 0 Å². The molecule has 1 amide bonds. The summed E-state index contributed by atoms with van der Waals surface area (Å²) in [6, 6.07) is 0. The summed E-state index contributed by atoms with van der Waals surface area (Å²) >= 11 is 0. The van der Waals surface area contributed by atoms with Crippen molar-refractivity contribution in [2.45, 2.75) is 39.2 Å². The largest absolute Gasteiger partial charge is 0.447 e. The number of hydrogen-bond acceptors (Lipinski definition) is 2. The molecule has 12 heavy (non-hydrogen) atoms. The summed E-state index contributed by atoms with van der Waals surface area (Å²) in [5.74, 6) is 0.717. The predicted octanol–water partition coefficient (Wildman–Crippen LogP) is 1.92. The quantitative estimate of drug-likeness (QED) is 0.701. The molecule has 3 nitrogen and oxygen atoms in total. The zero-order valence-corrected chi connectivity index (χ0v) is 7.80. The second-order valence-electron chi connectivity index (χ2n) is 3.45. The highest BCUT2D eigenvalue weighted by Gasteiger charge is 2.22. The molecule has 0 radical (unpaired) electrons. The van der Waals surface area contributed by atoms with Crippen LogP contribution in [0.25, 0.3) is 0 Å². The molecule has 1 unspecified atom stereocenters. The van der Waals surface area contributed by atoms with Crippen LogP contribution in [0.4, 0.5) is 4.79 Å². The van der Waals surface area contributed by atoms with E-state index >= 15 is 0 Å². The molecule has 0 aromatic carbocycles. The van der Waals surface area contributed by atoms with Gasteiger partial charge in [0.1, 0.15) is 6.10 Å². The Morgan fingerprint density at radius 2 is 2.33 bits per heavy atom. The van der Waals surface area contributed by atoms with E-state index in [1.54, 1.807) is 0 Å². The lowest BCUT2D eigenvalue weighted by Crippen LogP contribution is -2.29. The van der Waals surface area contributed by atoms with Gasteiger partial charge in [-0.25, -0.2) is 4.79 Å². The van der Waals surface area contributed by atoms with Gasteiger partial charge in [0, 0.05) is 6.54 Å². The first-order chi connectivity index (χ1) is 5.72. The summed E-state index contributed by atoms with van der Waals surface area (Å²) in [4.78, 5) is 11.0. The molecular formula is C9H17NO2. The molecule has 1 rings (SSSR count). The van der Waals surface area contributed by atoms with Crippen LogP contribution < -0.4 is 5.32 Å². The molecule has 0 spiro atoms. The Kier molecular flexibility index (Phi) is 3.38. The van der Waals surface area contributed by atoms with Gasteiger partial charge in [-0.3, -0.25) is 0 Å². The van der Waals surface area contributed by atoms with Crippen LogP contribution in [0.3, 0.4) is 0 Å². The third-order valence-electron chi connectivity index (χ3n) is 2.12. The third-order valence-corrected chi connectivity index (χ3v) is 2.12. The molecule has 70 valence electrons. The standard InChI is InChI=1S/C9H17NO2/c1-3-7(2)12-9(11)10-6-8-4-5-8/h7-8H,3-6H2,1-2H3,(H,10,11). The Morgan fingerprint density at radius 1 is 1.67 bits per heavy atom. The summed E-state index contributed by atoms with van der Waals surface area (Å²) in [5, 5.41) is 2.75. The molecular weight excluding hydrogens is 154 g/mol. The summed E-state index contributed by atoms with van der Waals surface area (Å²) in [7, 11) is 0. The fraction of sp³-hybridized carbons (Fsp3) is 0.889. The van der Waals surface area contributed by atoms with Crippen molar-refractivity contribution in [3.8, 4) is 0 Å². The van der Waals surface area contributed by atoms with E-state index in [4.69, 9.17) is 4.74 Å². The fourth-order valence-corrected chi connectivity index (χ4v) is 0.857. The maximum absolute atomic E-state index is 11.0. The maximum atomic E-state index is 11.0. The van der Waals surface area contributed by atoms with Crippen molar-refractivity contribution in [2.75, 3.05) is 6.54 Å². The lowest BCUT2D eigenvalue weighted by molar-refractivity contribution is 0.104. The molecule has 1 aliphatic carbocycles. The number of amides is 1. The van der Waals surface area contributed by atoms with Crippen molar-refractivity contribution >= 4 is 6.09 Å². The number of ether oxygens (including phenoxy) is 1. The maximum Gasteiger partial charge on any atom is 0.407 e. The van der Waals surface area contributed by atoms with Crippen molar-refractivity contribution in [3.05, 3.63) is 0 Å². The summed E-state index contributed by atoms with van der Waals surface area (Å²) < 4.78 is 5.03. The lowest BCUT2D eigenvalue weighted by Gasteiger charge is -2.11. The van der Waals surface area contributed by atoms with Crippen molar-refractivity contribution in [1.82, 2.24) is 5.32 Å². The van der Waals surface area contributed by atoms with Crippen LogP contribution in [0.2, 0.25) is 0 Å². The van der Waals surface area contributed by atoms with Crippen LogP contribution in [0.5, 0.6) is 0 Å². The van der Waals surface area contributed by atoms with E-state index in [-0.39, 0.29) is 12.2 Å². The SMILES string of the molecule is CCC(C)OC(=O)NCC1CC1. The monoisotopic (exact) mass is 171 g/mol. The van der Waals surface area contributed by atoms with Crippen LogP contribution in [-0.2, 0) is 4.74 Å². The number of nitrogens with one attached hydrogen (secondary N) is 1. The minimum absolute atomic E-state index is 0.0317. The molecule has 1 N–H and O–H groups in total. The smallest absolute Gasteiger partial charge is 0.407 e. The number of carbonyl (C=O) groups is 1. The van der Waals surface area contributed by atoms with Gasteiger partial charge in [-0.05, 0) is 32.1 Å². The molecule has 1 atom stereocenters. The highest BCUT2D eigenvalue weighted by molar-refractivity contribution is 5.67. The topological polar surface area (TPSA) is 38.3 Å². The molecule has 0 aromatic heterocycles. The van der Waals surface area contributed by atoms with E-state index in [2.05, 4.69) is 5.32 Å². The average Bonchev–Trinajstić information content (AvgIpc) is 2.83. The Labute approximate surface area is 73.5 Å².